The van der Waals surface area contributed by atoms with Crippen molar-refractivity contribution in [2.45, 2.75) is 148 Å². The fourth-order valence-corrected chi connectivity index (χ4v) is 6.95. The molecule has 1 atom stereocenters. The van der Waals surface area contributed by atoms with Gasteiger partial charge >= 0.3 is 0 Å². The first-order valence-electron chi connectivity index (χ1n) is 18.6. The van der Waals surface area contributed by atoms with Gasteiger partial charge in [0.2, 0.25) is 27.7 Å². The van der Waals surface area contributed by atoms with Crippen LogP contribution in [0.2, 0.25) is 0 Å². The van der Waals surface area contributed by atoms with Gasteiger partial charge in [-0.3, -0.25) is 23.9 Å². The first-order chi connectivity index (χ1) is 24.1. The van der Waals surface area contributed by atoms with Crippen LogP contribution in [0, 0.1) is 5.92 Å². The Morgan fingerprint density at radius 3 is 2.04 bits per heavy atom. The van der Waals surface area contributed by atoms with E-state index in [4.69, 9.17) is 5.73 Å². The number of aromatic nitrogens is 2. The van der Waals surface area contributed by atoms with Gasteiger partial charge in [0, 0.05) is 51.5 Å². The van der Waals surface area contributed by atoms with E-state index in [-0.39, 0.29) is 44.6 Å². The van der Waals surface area contributed by atoms with Crippen molar-refractivity contribution >= 4 is 39.2 Å². The summed E-state index contributed by atoms with van der Waals surface area (Å²) in [4.78, 5) is 55.2. The van der Waals surface area contributed by atoms with E-state index >= 15 is 0 Å². The van der Waals surface area contributed by atoms with E-state index in [9.17, 15) is 27.6 Å². The number of nitrogens with two attached hydrogens (primary N) is 1. The molecule has 0 fully saturated rings. The van der Waals surface area contributed by atoms with E-state index in [0.29, 0.717) is 51.6 Å². The number of imidazole rings is 1. The number of hydrogen-bond donors (Lipinski definition) is 4. The lowest BCUT2D eigenvalue weighted by Crippen LogP contribution is -2.33. The van der Waals surface area contributed by atoms with Crippen LogP contribution in [0.5, 0.6) is 0 Å². The fraction of sp³-hybridized carbons (Fsp3) is 0.771. The first kappa shape index (κ1) is 42.7. The topological polar surface area (TPSA) is 218 Å². The summed E-state index contributed by atoms with van der Waals surface area (Å²) < 4.78 is 26.7. The van der Waals surface area contributed by atoms with Gasteiger partial charge in [0.1, 0.15) is 12.3 Å². The number of nitrogens with one attached hydrogen (secondary N) is 3. The number of Topliss-reactive ketones (excluding diaryl/α,β-unsaturated/α-hetero) is 1. The number of aromatic amines is 1. The fourth-order valence-electron chi connectivity index (χ4n) is 5.88. The molecule has 1 aliphatic heterocycles. The Hall–Kier alpha value is -3.49. The zero-order chi connectivity index (χ0) is 36.3. The summed E-state index contributed by atoms with van der Waals surface area (Å²) in [5.41, 5.74) is 7.45. The highest BCUT2D eigenvalue weighted by molar-refractivity contribution is 7.90. The molecule has 0 radical (unpaired) electrons. The molecular weight excluding hydrogens is 661 g/mol. The molecule has 0 bridgehead atoms. The van der Waals surface area contributed by atoms with E-state index in [1.165, 1.54) is 57.8 Å². The molecule has 1 aliphatic rings. The van der Waals surface area contributed by atoms with Crippen LogP contribution in [-0.2, 0) is 35.6 Å². The Balaban J connectivity index is 0.0000130. The molecule has 1 aromatic rings. The lowest BCUT2D eigenvalue weighted by Gasteiger charge is -2.12. The van der Waals surface area contributed by atoms with Gasteiger partial charge in [-0.15, -0.1) is 5.10 Å². The van der Waals surface area contributed by atoms with Crippen LogP contribution < -0.4 is 15.8 Å². The van der Waals surface area contributed by atoms with Crippen LogP contribution in [0.25, 0.3) is 0 Å². The zero-order valence-corrected chi connectivity index (χ0v) is 30.7. The van der Waals surface area contributed by atoms with Crippen LogP contribution in [0.3, 0.4) is 0 Å². The molecule has 5 N–H and O–H groups in total. The molecule has 2 rings (SSSR count). The number of rotatable bonds is 32. The predicted molar refractivity (Wildman–Crippen MR) is 196 cm³/mol. The number of sulfonamides is 1. The summed E-state index contributed by atoms with van der Waals surface area (Å²) in [7, 11) is -3.79. The Morgan fingerprint density at radius 2 is 1.44 bits per heavy atom. The number of carbonyl (C=O) groups excluding carboxylic acids is 4. The Morgan fingerprint density at radius 1 is 0.800 bits per heavy atom. The summed E-state index contributed by atoms with van der Waals surface area (Å²) in [5, 5.41) is 14.3. The van der Waals surface area contributed by atoms with E-state index in [0.717, 1.165) is 37.1 Å². The number of carbonyl (C=O) groups is 4. The van der Waals surface area contributed by atoms with E-state index in [2.05, 4.69) is 35.4 Å². The number of primary amides is 1. The smallest absolute Gasteiger partial charge is 0.234 e. The maximum absolute atomic E-state index is 12.3. The molecule has 0 unspecified atom stereocenters. The second-order valence-corrected chi connectivity index (χ2v) is 15.2. The molecule has 15 heteroatoms. The van der Waals surface area contributed by atoms with E-state index in [1.54, 1.807) is 12.5 Å². The summed E-state index contributed by atoms with van der Waals surface area (Å²) in [6.07, 6.45) is 22.1. The van der Waals surface area contributed by atoms with Gasteiger partial charge in [-0.05, 0) is 50.2 Å². The molecule has 0 saturated heterocycles. The normalized spacial score (nSPS) is 13.2. The van der Waals surface area contributed by atoms with Crippen LogP contribution in [-0.4, -0.2) is 66.4 Å². The number of amides is 3. The maximum atomic E-state index is 12.3. The number of hydrogen-bond acceptors (Lipinski definition) is 10. The zero-order valence-electron chi connectivity index (χ0n) is 29.8. The van der Waals surface area contributed by atoms with Crippen molar-refractivity contribution in [3.8, 4) is 0 Å². The highest BCUT2D eigenvalue weighted by atomic mass is 32.2. The highest BCUT2D eigenvalue weighted by Gasteiger charge is 2.19. The van der Waals surface area contributed by atoms with E-state index in [1.807, 2.05) is 0 Å². The molecular formula is C35H62N8O6S. The van der Waals surface area contributed by atoms with Gasteiger partial charge in [0.15, 0.2) is 0 Å². The standard InChI is InChI=1S/C35H60N8O6S.H2/c36-35(47)29(25-32(44)22-21-30-26-37-28-39-30)17-14-15-23-38-33(45)20-16-24-50(48,49)42-34(46)19-13-11-9-7-5-3-1-2-4-6-8-10-12-18-31-27-40-43-41-31;/h26,28-29H,1-25,27H2,(H2,36,47)(H,37,39)(H,38,45)(H,42,46);1H/t29-;/m1./s1. The monoisotopic (exact) mass is 722 g/mol. The first-order valence-corrected chi connectivity index (χ1v) is 20.3. The third kappa shape index (κ3) is 22.3. The van der Waals surface area contributed by atoms with Gasteiger partial charge in [-0.1, -0.05) is 77.0 Å². The molecule has 1 aromatic heterocycles. The Bertz CT molecular complexity index is 1310. The lowest BCUT2D eigenvalue weighted by molar-refractivity contribution is -0.127. The molecule has 14 nitrogen and oxygen atoms in total. The molecule has 0 aliphatic carbocycles. The van der Waals surface area contributed by atoms with Crippen molar-refractivity contribution in [3.05, 3.63) is 18.2 Å². The Kier molecular flexibility index (Phi) is 22.5. The van der Waals surface area contributed by atoms with E-state index < -0.39 is 27.8 Å². The molecule has 3 amide bonds. The average Bonchev–Trinajstić information content (AvgIpc) is 3.79. The van der Waals surface area contributed by atoms with Crippen molar-refractivity contribution in [1.82, 2.24) is 20.0 Å². The van der Waals surface area contributed by atoms with Crippen molar-refractivity contribution < 1.29 is 29.0 Å². The number of unbranched alkanes of at least 4 members (excludes halogenated alkanes) is 13. The van der Waals surface area contributed by atoms with Crippen LogP contribution in [0.1, 0.15) is 148 Å². The van der Waals surface area contributed by atoms with Gasteiger partial charge < -0.3 is 16.0 Å². The van der Waals surface area contributed by atoms with Crippen LogP contribution >= 0.6 is 0 Å². The number of ketones is 1. The SMILES string of the molecule is NC(=O)[C@H](CCCCNC(=O)CCCS(=O)(=O)NC(=O)CCCCCCCCCCCCCCCC1=NN=NC1)CC(=O)CCc1cnc[nH]1.[HH]. The largest absolute Gasteiger partial charge is 0.369 e. The average molecular weight is 723 g/mol. The predicted octanol–water partition coefficient (Wildman–Crippen LogP) is 5.84. The molecule has 50 heavy (non-hydrogen) atoms. The summed E-state index contributed by atoms with van der Waals surface area (Å²) in [6, 6.07) is 0. The second kappa shape index (κ2) is 26.3. The van der Waals surface area contributed by atoms with Gasteiger partial charge in [0.25, 0.3) is 0 Å². The summed E-state index contributed by atoms with van der Waals surface area (Å²) in [6.45, 7) is 1.05. The third-order valence-corrected chi connectivity index (χ3v) is 10.2. The van der Waals surface area contributed by atoms with Crippen molar-refractivity contribution in [1.29, 1.82) is 0 Å². The molecule has 2 heterocycles. The molecule has 284 valence electrons. The minimum atomic E-state index is -3.79. The second-order valence-electron chi connectivity index (χ2n) is 13.4. The number of H-pyrrole nitrogens is 1. The third-order valence-electron chi connectivity index (χ3n) is 8.86. The van der Waals surface area contributed by atoms with Crippen molar-refractivity contribution in [3.63, 3.8) is 0 Å². The summed E-state index contributed by atoms with van der Waals surface area (Å²) >= 11 is 0. The molecule has 0 aromatic carbocycles. The van der Waals surface area contributed by atoms with Gasteiger partial charge in [-0.25, -0.2) is 13.4 Å². The lowest BCUT2D eigenvalue weighted by atomic mass is 9.94. The highest BCUT2D eigenvalue weighted by Crippen LogP contribution is 2.16. The van der Waals surface area contributed by atoms with Crippen LogP contribution in [0.4, 0.5) is 0 Å². The Labute approximate surface area is 299 Å². The van der Waals surface area contributed by atoms with Crippen molar-refractivity contribution in [2.75, 3.05) is 18.8 Å². The minimum absolute atomic E-state index is 0. The summed E-state index contributed by atoms with van der Waals surface area (Å²) in [5.74, 6) is -2.17. The quantitative estimate of drug-likeness (QED) is 0.0666. The minimum Gasteiger partial charge on any atom is -0.369 e. The van der Waals surface area contributed by atoms with Crippen LogP contribution in [0.15, 0.2) is 28.0 Å². The van der Waals surface area contributed by atoms with Gasteiger partial charge in [0.05, 0.1) is 17.8 Å². The molecule has 0 saturated carbocycles. The van der Waals surface area contributed by atoms with Gasteiger partial charge in [-0.2, -0.15) is 5.11 Å². The molecule has 0 spiro atoms. The maximum Gasteiger partial charge on any atom is 0.234 e. The van der Waals surface area contributed by atoms with Crippen molar-refractivity contribution in [2.24, 2.45) is 27.1 Å². The number of nitrogens with zero attached hydrogens (tertiary/aromatic N) is 4. The number of aryl methyl sites for hydroxylation is 1.